The van der Waals surface area contributed by atoms with Gasteiger partial charge in [-0.1, -0.05) is 13.8 Å². The maximum atomic E-state index is 5.55. The van der Waals surface area contributed by atoms with E-state index < -0.39 is 0 Å². The average molecular weight is 353 g/mol. The first-order chi connectivity index (χ1) is 7.69. The second-order valence-electron chi connectivity index (χ2n) is 3.26. The Kier molecular flexibility index (Phi) is 6.13. The molecular formula is C11H15Br2NO2. The van der Waals surface area contributed by atoms with Gasteiger partial charge >= 0.3 is 0 Å². The highest BCUT2D eigenvalue weighted by Crippen LogP contribution is 2.33. The van der Waals surface area contributed by atoms with E-state index in [-0.39, 0.29) is 0 Å². The number of pyridine rings is 1. The topological polar surface area (TPSA) is 31.4 Å². The lowest BCUT2D eigenvalue weighted by Crippen LogP contribution is -2.01. The van der Waals surface area contributed by atoms with Gasteiger partial charge in [0, 0.05) is 6.07 Å². The van der Waals surface area contributed by atoms with Gasteiger partial charge in [0.05, 0.1) is 13.2 Å². The first-order valence-corrected chi connectivity index (χ1v) is 6.89. The Hall–Kier alpha value is -0.290. The van der Waals surface area contributed by atoms with Crippen molar-refractivity contribution >= 4 is 31.9 Å². The fourth-order valence-corrected chi connectivity index (χ4v) is 2.11. The number of halogens is 2. The largest absolute Gasteiger partial charge is 0.491 e. The van der Waals surface area contributed by atoms with E-state index in [1.165, 1.54) is 0 Å². The molecule has 0 amide bonds. The summed E-state index contributed by atoms with van der Waals surface area (Å²) in [6.07, 6.45) is 1.93. The van der Waals surface area contributed by atoms with Crippen LogP contribution < -0.4 is 9.47 Å². The highest BCUT2D eigenvalue weighted by molar-refractivity contribution is 9.11. The molecule has 0 saturated carbocycles. The Morgan fingerprint density at radius 2 is 1.44 bits per heavy atom. The molecule has 0 aliphatic carbocycles. The summed E-state index contributed by atoms with van der Waals surface area (Å²) in [6, 6.07) is 1.85. The van der Waals surface area contributed by atoms with Gasteiger partial charge < -0.3 is 9.47 Å². The zero-order valence-electron chi connectivity index (χ0n) is 9.43. The molecule has 1 heterocycles. The van der Waals surface area contributed by atoms with Crippen LogP contribution in [0.3, 0.4) is 0 Å². The zero-order chi connectivity index (χ0) is 12.0. The Labute approximate surface area is 113 Å². The van der Waals surface area contributed by atoms with Crippen molar-refractivity contribution in [3.63, 3.8) is 0 Å². The minimum atomic E-state index is 0.676. The van der Waals surface area contributed by atoms with Crippen LogP contribution in [0.1, 0.15) is 26.7 Å². The summed E-state index contributed by atoms with van der Waals surface area (Å²) in [5, 5.41) is 0. The Balaban J connectivity index is 2.83. The van der Waals surface area contributed by atoms with Crippen LogP contribution in [-0.2, 0) is 0 Å². The van der Waals surface area contributed by atoms with Gasteiger partial charge in [-0.2, -0.15) is 0 Å². The SMILES string of the molecule is CCCOc1cc(OCCC)c(Br)nc1Br. The minimum Gasteiger partial charge on any atom is -0.491 e. The van der Waals surface area contributed by atoms with Gasteiger partial charge in [-0.15, -0.1) is 0 Å². The van der Waals surface area contributed by atoms with Crippen LogP contribution in [0.15, 0.2) is 15.3 Å². The third-order valence-electron chi connectivity index (χ3n) is 1.79. The lowest BCUT2D eigenvalue weighted by atomic mass is 10.4. The van der Waals surface area contributed by atoms with E-state index in [2.05, 4.69) is 50.7 Å². The number of aromatic nitrogens is 1. The fourth-order valence-electron chi connectivity index (χ4n) is 1.06. The fraction of sp³-hybridized carbons (Fsp3) is 0.545. The first-order valence-electron chi connectivity index (χ1n) is 5.30. The van der Waals surface area contributed by atoms with E-state index in [4.69, 9.17) is 9.47 Å². The van der Waals surface area contributed by atoms with Gasteiger partial charge in [0.15, 0.2) is 11.5 Å². The van der Waals surface area contributed by atoms with Crippen molar-refractivity contribution in [3.8, 4) is 11.5 Å². The minimum absolute atomic E-state index is 0.676. The van der Waals surface area contributed by atoms with E-state index >= 15 is 0 Å². The van der Waals surface area contributed by atoms with Crippen LogP contribution >= 0.6 is 31.9 Å². The molecule has 90 valence electrons. The smallest absolute Gasteiger partial charge is 0.155 e. The molecule has 5 heteroatoms. The van der Waals surface area contributed by atoms with Gasteiger partial charge in [0.2, 0.25) is 0 Å². The second kappa shape index (κ2) is 7.12. The quantitative estimate of drug-likeness (QED) is 0.719. The van der Waals surface area contributed by atoms with Crippen LogP contribution in [0.5, 0.6) is 11.5 Å². The van der Waals surface area contributed by atoms with Crippen LogP contribution in [0.4, 0.5) is 0 Å². The van der Waals surface area contributed by atoms with E-state index in [0.717, 1.165) is 24.3 Å². The van der Waals surface area contributed by atoms with Crippen molar-refractivity contribution in [2.45, 2.75) is 26.7 Å². The van der Waals surface area contributed by atoms with E-state index in [1.54, 1.807) is 0 Å². The molecular weight excluding hydrogens is 338 g/mol. The van der Waals surface area contributed by atoms with E-state index in [1.807, 2.05) is 6.07 Å². The maximum absolute atomic E-state index is 5.55. The predicted octanol–water partition coefficient (Wildman–Crippen LogP) is 4.18. The van der Waals surface area contributed by atoms with Crippen molar-refractivity contribution in [2.24, 2.45) is 0 Å². The molecule has 0 atom stereocenters. The highest BCUT2D eigenvalue weighted by Gasteiger charge is 2.10. The monoisotopic (exact) mass is 351 g/mol. The van der Waals surface area contributed by atoms with Crippen LogP contribution in [0, 0.1) is 0 Å². The Morgan fingerprint density at radius 1 is 1.00 bits per heavy atom. The summed E-state index contributed by atoms with van der Waals surface area (Å²) < 4.78 is 12.5. The Bertz CT molecular complexity index is 316. The van der Waals surface area contributed by atoms with Gasteiger partial charge in [-0.3, -0.25) is 0 Å². The molecule has 1 aromatic rings. The van der Waals surface area contributed by atoms with Crippen molar-refractivity contribution in [1.82, 2.24) is 4.98 Å². The van der Waals surface area contributed by atoms with Crippen LogP contribution in [0.25, 0.3) is 0 Å². The molecule has 0 fully saturated rings. The summed E-state index contributed by atoms with van der Waals surface area (Å²) in [5.74, 6) is 1.44. The van der Waals surface area contributed by atoms with Crippen molar-refractivity contribution in [3.05, 3.63) is 15.3 Å². The average Bonchev–Trinajstić information content (AvgIpc) is 2.26. The third-order valence-corrected chi connectivity index (χ3v) is 2.92. The second-order valence-corrected chi connectivity index (χ2v) is 4.77. The molecule has 0 spiro atoms. The molecule has 0 N–H and O–H groups in total. The number of hydrogen-bond donors (Lipinski definition) is 0. The molecule has 0 radical (unpaired) electrons. The van der Waals surface area contributed by atoms with Gasteiger partial charge in [0.25, 0.3) is 0 Å². The van der Waals surface area contributed by atoms with Crippen LogP contribution in [0.2, 0.25) is 0 Å². The number of ether oxygens (including phenoxy) is 2. The maximum Gasteiger partial charge on any atom is 0.155 e. The van der Waals surface area contributed by atoms with Gasteiger partial charge in [-0.05, 0) is 44.7 Å². The summed E-state index contributed by atoms with van der Waals surface area (Å²) in [6.45, 7) is 5.48. The number of rotatable bonds is 6. The van der Waals surface area contributed by atoms with E-state index in [9.17, 15) is 0 Å². The molecule has 1 aromatic heterocycles. The molecule has 0 aromatic carbocycles. The van der Waals surface area contributed by atoms with Crippen molar-refractivity contribution < 1.29 is 9.47 Å². The first kappa shape index (κ1) is 13.8. The standard InChI is InChI=1S/C11H15Br2NO2/c1-3-5-15-8-7-9(16-6-4-2)11(13)14-10(8)12/h7H,3-6H2,1-2H3. The summed E-state index contributed by atoms with van der Waals surface area (Å²) >= 11 is 6.72. The summed E-state index contributed by atoms with van der Waals surface area (Å²) in [4.78, 5) is 4.26. The van der Waals surface area contributed by atoms with Crippen LogP contribution in [-0.4, -0.2) is 18.2 Å². The number of hydrogen-bond acceptors (Lipinski definition) is 3. The van der Waals surface area contributed by atoms with Crippen molar-refractivity contribution in [1.29, 1.82) is 0 Å². The lowest BCUT2D eigenvalue weighted by Gasteiger charge is -2.11. The summed E-state index contributed by atoms with van der Waals surface area (Å²) in [7, 11) is 0. The normalized spacial score (nSPS) is 10.2. The van der Waals surface area contributed by atoms with Crippen molar-refractivity contribution in [2.75, 3.05) is 13.2 Å². The van der Waals surface area contributed by atoms with Gasteiger partial charge in [0.1, 0.15) is 9.21 Å². The number of nitrogens with zero attached hydrogens (tertiary/aromatic N) is 1. The molecule has 0 aliphatic rings. The van der Waals surface area contributed by atoms with Gasteiger partial charge in [-0.25, -0.2) is 4.98 Å². The Morgan fingerprint density at radius 3 is 1.81 bits per heavy atom. The zero-order valence-corrected chi connectivity index (χ0v) is 12.6. The molecule has 0 bridgehead atoms. The lowest BCUT2D eigenvalue weighted by molar-refractivity contribution is 0.296. The third kappa shape index (κ3) is 3.94. The molecule has 16 heavy (non-hydrogen) atoms. The molecule has 1 rings (SSSR count). The molecule has 0 unspecified atom stereocenters. The molecule has 0 saturated heterocycles. The summed E-state index contributed by atoms with van der Waals surface area (Å²) in [5.41, 5.74) is 0. The predicted molar refractivity (Wildman–Crippen MR) is 71.2 cm³/mol. The van der Waals surface area contributed by atoms with E-state index in [0.29, 0.717) is 22.4 Å². The molecule has 0 aliphatic heterocycles. The highest BCUT2D eigenvalue weighted by atomic mass is 79.9. The molecule has 3 nitrogen and oxygen atoms in total.